The number of rotatable bonds is 5. The van der Waals surface area contributed by atoms with Crippen LogP contribution in [0.25, 0.3) is 0 Å². The number of hydrogen-bond acceptors (Lipinski definition) is 4. The summed E-state index contributed by atoms with van der Waals surface area (Å²) >= 11 is 0. The summed E-state index contributed by atoms with van der Waals surface area (Å²) in [5.74, 6) is 0.819. The van der Waals surface area contributed by atoms with Crippen molar-refractivity contribution in [3.8, 4) is 5.75 Å². The van der Waals surface area contributed by atoms with Gasteiger partial charge in [-0.1, -0.05) is 25.1 Å². The smallest absolute Gasteiger partial charge is 0.124 e. The zero-order valence-electron chi connectivity index (χ0n) is 11.3. The van der Waals surface area contributed by atoms with Gasteiger partial charge in [-0.2, -0.15) is 0 Å². The molecular weight excluding hydrogens is 238 g/mol. The molecule has 0 spiro atoms. The predicted octanol–water partition coefficient (Wildman–Crippen LogP) is 2.62. The van der Waals surface area contributed by atoms with Crippen molar-refractivity contribution in [2.45, 2.75) is 26.3 Å². The van der Waals surface area contributed by atoms with Crippen LogP contribution in [0.15, 0.2) is 36.7 Å². The van der Waals surface area contributed by atoms with Gasteiger partial charge >= 0.3 is 0 Å². The van der Waals surface area contributed by atoms with Crippen LogP contribution in [0.1, 0.15) is 36.3 Å². The molecule has 1 heterocycles. The maximum atomic E-state index is 6.26. The Morgan fingerprint density at radius 1 is 1.21 bits per heavy atom. The van der Waals surface area contributed by atoms with E-state index in [2.05, 4.69) is 16.9 Å². The fourth-order valence-electron chi connectivity index (χ4n) is 1.80. The Labute approximate surface area is 113 Å². The molecule has 0 bridgehead atoms. The summed E-state index contributed by atoms with van der Waals surface area (Å²) in [5, 5.41) is 0. The molecule has 0 amide bonds. The van der Waals surface area contributed by atoms with Gasteiger partial charge in [0.25, 0.3) is 0 Å². The first-order chi connectivity index (χ1) is 9.22. The first-order valence-corrected chi connectivity index (χ1v) is 6.48. The van der Waals surface area contributed by atoms with E-state index in [1.807, 2.05) is 31.2 Å². The van der Waals surface area contributed by atoms with Gasteiger partial charge in [0.15, 0.2) is 0 Å². The number of hydrogen-bond donors (Lipinski definition) is 1. The molecule has 4 nitrogen and oxygen atoms in total. The van der Waals surface area contributed by atoms with Crippen molar-refractivity contribution in [3.63, 3.8) is 0 Å². The fourth-order valence-corrected chi connectivity index (χ4v) is 1.80. The molecule has 1 aromatic heterocycles. The summed E-state index contributed by atoms with van der Waals surface area (Å²) in [4.78, 5) is 8.57. The van der Waals surface area contributed by atoms with Crippen molar-refractivity contribution in [2.24, 2.45) is 5.73 Å². The average molecular weight is 257 g/mol. The van der Waals surface area contributed by atoms with Crippen LogP contribution in [0.4, 0.5) is 0 Å². The quantitative estimate of drug-likeness (QED) is 0.894. The Hall–Kier alpha value is -1.94. The molecule has 0 aliphatic rings. The lowest BCUT2D eigenvalue weighted by atomic mass is 10.0. The number of nitrogens with two attached hydrogens (primary N) is 1. The lowest BCUT2D eigenvalue weighted by molar-refractivity contribution is 0.313. The van der Waals surface area contributed by atoms with Gasteiger partial charge in [-0.25, -0.2) is 0 Å². The molecule has 1 atom stereocenters. The van der Waals surface area contributed by atoms with Crippen molar-refractivity contribution in [2.75, 3.05) is 6.61 Å². The SMILES string of the molecule is CCCOc1ccccc1C(N)c1cnc(C)cn1. The second kappa shape index (κ2) is 6.29. The van der Waals surface area contributed by atoms with Crippen LogP contribution in [-0.4, -0.2) is 16.6 Å². The molecule has 0 saturated carbocycles. The molecule has 0 radical (unpaired) electrons. The molecule has 1 unspecified atom stereocenters. The third-order valence-corrected chi connectivity index (χ3v) is 2.84. The summed E-state index contributed by atoms with van der Waals surface area (Å²) in [7, 11) is 0. The number of aromatic nitrogens is 2. The van der Waals surface area contributed by atoms with E-state index in [1.165, 1.54) is 0 Å². The first kappa shape index (κ1) is 13.5. The third-order valence-electron chi connectivity index (χ3n) is 2.84. The molecule has 0 fully saturated rings. The summed E-state index contributed by atoms with van der Waals surface area (Å²) in [5.41, 5.74) is 8.82. The Kier molecular flexibility index (Phi) is 4.47. The Bertz CT molecular complexity index is 525. The van der Waals surface area contributed by atoms with E-state index in [4.69, 9.17) is 10.5 Å². The van der Waals surface area contributed by atoms with Crippen LogP contribution in [0.5, 0.6) is 5.75 Å². The Morgan fingerprint density at radius 2 is 2.00 bits per heavy atom. The molecule has 0 saturated heterocycles. The van der Waals surface area contributed by atoms with E-state index in [0.717, 1.165) is 29.1 Å². The van der Waals surface area contributed by atoms with Gasteiger partial charge in [0.05, 0.1) is 30.2 Å². The van der Waals surface area contributed by atoms with Crippen LogP contribution in [-0.2, 0) is 0 Å². The van der Waals surface area contributed by atoms with Gasteiger partial charge in [0, 0.05) is 11.8 Å². The summed E-state index contributed by atoms with van der Waals surface area (Å²) < 4.78 is 5.72. The van der Waals surface area contributed by atoms with Crippen molar-refractivity contribution in [1.82, 2.24) is 9.97 Å². The average Bonchev–Trinajstić information content (AvgIpc) is 2.45. The highest BCUT2D eigenvalue weighted by molar-refractivity contribution is 5.39. The second-order valence-corrected chi connectivity index (χ2v) is 4.45. The Balaban J connectivity index is 2.27. The number of nitrogens with zero attached hydrogens (tertiary/aromatic N) is 2. The largest absolute Gasteiger partial charge is 0.493 e. The normalized spacial score (nSPS) is 12.2. The molecule has 2 rings (SSSR count). The van der Waals surface area contributed by atoms with E-state index in [-0.39, 0.29) is 6.04 Å². The van der Waals surface area contributed by atoms with Gasteiger partial charge in [-0.3, -0.25) is 9.97 Å². The summed E-state index contributed by atoms with van der Waals surface area (Å²) in [6.45, 7) is 4.66. The van der Waals surface area contributed by atoms with Crippen molar-refractivity contribution < 1.29 is 4.74 Å². The molecular formula is C15H19N3O. The predicted molar refractivity (Wildman–Crippen MR) is 75.0 cm³/mol. The molecule has 2 N–H and O–H groups in total. The molecule has 0 aliphatic carbocycles. The maximum Gasteiger partial charge on any atom is 0.124 e. The number of benzene rings is 1. The highest BCUT2D eigenvalue weighted by atomic mass is 16.5. The summed E-state index contributed by atoms with van der Waals surface area (Å²) in [6.07, 6.45) is 4.41. The van der Waals surface area contributed by atoms with E-state index < -0.39 is 0 Å². The second-order valence-electron chi connectivity index (χ2n) is 4.45. The molecule has 2 aromatic rings. The topological polar surface area (TPSA) is 61.0 Å². The van der Waals surface area contributed by atoms with Crippen LogP contribution >= 0.6 is 0 Å². The van der Waals surface area contributed by atoms with Gasteiger partial charge < -0.3 is 10.5 Å². The lowest BCUT2D eigenvalue weighted by Crippen LogP contribution is -2.15. The Morgan fingerprint density at radius 3 is 2.68 bits per heavy atom. The summed E-state index contributed by atoms with van der Waals surface area (Å²) in [6, 6.07) is 7.49. The van der Waals surface area contributed by atoms with Crippen LogP contribution < -0.4 is 10.5 Å². The highest BCUT2D eigenvalue weighted by Gasteiger charge is 2.15. The zero-order chi connectivity index (χ0) is 13.7. The van der Waals surface area contributed by atoms with E-state index in [1.54, 1.807) is 12.4 Å². The van der Waals surface area contributed by atoms with E-state index in [9.17, 15) is 0 Å². The highest BCUT2D eigenvalue weighted by Crippen LogP contribution is 2.27. The van der Waals surface area contributed by atoms with E-state index >= 15 is 0 Å². The van der Waals surface area contributed by atoms with Gasteiger partial charge in [0.2, 0.25) is 0 Å². The van der Waals surface area contributed by atoms with Crippen LogP contribution in [0.3, 0.4) is 0 Å². The van der Waals surface area contributed by atoms with Crippen molar-refractivity contribution in [3.05, 3.63) is 53.6 Å². The minimum atomic E-state index is -0.318. The molecule has 100 valence electrons. The monoisotopic (exact) mass is 257 g/mol. The van der Waals surface area contributed by atoms with Gasteiger partial charge in [-0.15, -0.1) is 0 Å². The van der Waals surface area contributed by atoms with Crippen molar-refractivity contribution >= 4 is 0 Å². The number of ether oxygens (including phenoxy) is 1. The molecule has 0 aliphatic heterocycles. The standard InChI is InChI=1S/C15H19N3O/c1-3-8-19-14-7-5-4-6-12(14)15(16)13-10-17-11(2)9-18-13/h4-7,9-10,15H,3,8,16H2,1-2H3. The minimum absolute atomic E-state index is 0.318. The number of para-hydroxylation sites is 1. The molecule has 1 aromatic carbocycles. The van der Waals surface area contributed by atoms with Crippen molar-refractivity contribution in [1.29, 1.82) is 0 Å². The minimum Gasteiger partial charge on any atom is -0.493 e. The van der Waals surface area contributed by atoms with Crippen LogP contribution in [0, 0.1) is 6.92 Å². The maximum absolute atomic E-state index is 6.26. The lowest BCUT2D eigenvalue weighted by Gasteiger charge is -2.16. The van der Waals surface area contributed by atoms with E-state index in [0.29, 0.717) is 6.61 Å². The number of aryl methyl sites for hydroxylation is 1. The fraction of sp³-hybridized carbons (Fsp3) is 0.333. The third kappa shape index (κ3) is 3.29. The first-order valence-electron chi connectivity index (χ1n) is 6.48. The van der Waals surface area contributed by atoms with Gasteiger partial charge in [-0.05, 0) is 19.4 Å². The molecule has 4 heteroatoms. The zero-order valence-corrected chi connectivity index (χ0v) is 11.3. The molecule has 19 heavy (non-hydrogen) atoms. The van der Waals surface area contributed by atoms with Gasteiger partial charge in [0.1, 0.15) is 5.75 Å². The van der Waals surface area contributed by atoms with Crippen LogP contribution in [0.2, 0.25) is 0 Å².